The van der Waals surface area contributed by atoms with E-state index in [1.807, 2.05) is 12.1 Å². The third-order valence-electron chi connectivity index (χ3n) is 10.4. The summed E-state index contributed by atoms with van der Waals surface area (Å²) >= 11 is -2.91. The molecule has 0 aromatic heterocycles. The van der Waals surface area contributed by atoms with Gasteiger partial charge in [0.1, 0.15) is 0 Å². The molecule has 0 N–H and O–H groups in total. The zero-order valence-electron chi connectivity index (χ0n) is 20.3. The predicted octanol–water partition coefficient (Wildman–Crippen LogP) is 7.02. The third kappa shape index (κ3) is 3.66. The van der Waals surface area contributed by atoms with E-state index in [9.17, 15) is 9.59 Å². The van der Waals surface area contributed by atoms with Gasteiger partial charge < -0.3 is 0 Å². The first-order valence-corrected chi connectivity index (χ1v) is 16.4. The summed E-state index contributed by atoms with van der Waals surface area (Å²) in [5.74, 6) is 4.05. The molecule has 0 heterocycles. The summed E-state index contributed by atoms with van der Waals surface area (Å²) in [5.41, 5.74) is 0.532. The van der Waals surface area contributed by atoms with Crippen molar-refractivity contribution in [3.8, 4) is 0 Å². The van der Waals surface area contributed by atoms with Gasteiger partial charge >= 0.3 is 212 Å². The maximum atomic E-state index is 13.8. The van der Waals surface area contributed by atoms with Crippen molar-refractivity contribution in [3.05, 3.63) is 33.4 Å². The standard InChI is InChI=1S/C29H37IO4/c1-18-2-4-25(5-3-18)30(33-26(31)28-12-19-6-20(13-28)8-21(7-19)14-28)34-27(32)29-15-22-9-23(16-29)11-24(10-22)17-29/h2-5,19-24H,6-17H2,1H3. The molecule has 0 radical (unpaired) electrons. The van der Waals surface area contributed by atoms with Gasteiger partial charge in [-0.3, -0.25) is 0 Å². The Labute approximate surface area is 211 Å². The van der Waals surface area contributed by atoms with E-state index in [0.29, 0.717) is 35.5 Å². The number of hydrogen-bond donors (Lipinski definition) is 0. The van der Waals surface area contributed by atoms with Gasteiger partial charge in [-0.25, -0.2) is 0 Å². The maximum absolute atomic E-state index is 13.8. The molecule has 34 heavy (non-hydrogen) atoms. The predicted molar refractivity (Wildman–Crippen MR) is 137 cm³/mol. The minimum absolute atomic E-state index is 0.0457. The van der Waals surface area contributed by atoms with E-state index in [1.54, 1.807) is 0 Å². The van der Waals surface area contributed by atoms with Crippen LogP contribution in [0.15, 0.2) is 24.3 Å². The second-order valence-corrected chi connectivity index (χ2v) is 16.5. The Balaban J connectivity index is 1.14. The molecular formula is C29H37IO4. The molecule has 1 aromatic carbocycles. The van der Waals surface area contributed by atoms with E-state index < -0.39 is 20.6 Å². The number of hydrogen-bond acceptors (Lipinski definition) is 4. The van der Waals surface area contributed by atoms with Gasteiger partial charge in [-0.2, -0.15) is 0 Å². The van der Waals surface area contributed by atoms with Crippen molar-refractivity contribution in [2.75, 3.05) is 0 Å². The van der Waals surface area contributed by atoms with Crippen molar-refractivity contribution in [1.29, 1.82) is 0 Å². The summed E-state index contributed by atoms with van der Waals surface area (Å²) in [5, 5.41) is 0. The minimum atomic E-state index is -2.91. The Kier molecular flexibility index (Phi) is 5.17. The van der Waals surface area contributed by atoms with Crippen LogP contribution >= 0.6 is 20.6 Å². The number of benzene rings is 1. The first-order chi connectivity index (χ1) is 16.4. The van der Waals surface area contributed by atoms with Gasteiger partial charge in [-0.1, -0.05) is 0 Å². The van der Waals surface area contributed by atoms with Gasteiger partial charge in [0.05, 0.1) is 0 Å². The molecule has 0 spiro atoms. The zero-order chi connectivity index (χ0) is 23.1. The first kappa shape index (κ1) is 22.1. The zero-order valence-corrected chi connectivity index (χ0v) is 22.4. The number of carbonyl (C=O) groups is 2. The Morgan fingerprint density at radius 2 is 0.971 bits per heavy atom. The summed E-state index contributed by atoms with van der Waals surface area (Å²) in [4.78, 5) is 27.6. The van der Waals surface area contributed by atoms with Crippen LogP contribution in [0.1, 0.15) is 82.6 Å². The van der Waals surface area contributed by atoms with E-state index in [4.69, 9.17) is 6.13 Å². The summed E-state index contributed by atoms with van der Waals surface area (Å²) in [6, 6.07) is 8.16. The molecule has 8 fully saturated rings. The molecule has 9 rings (SSSR count). The quantitative estimate of drug-likeness (QED) is 0.354. The van der Waals surface area contributed by atoms with Crippen LogP contribution < -0.4 is 0 Å². The van der Waals surface area contributed by atoms with Crippen LogP contribution in [0.3, 0.4) is 0 Å². The third-order valence-corrected chi connectivity index (χ3v) is 13.7. The summed E-state index contributed by atoms with van der Waals surface area (Å²) in [6.07, 6.45) is 13.7. The van der Waals surface area contributed by atoms with E-state index in [2.05, 4.69) is 19.1 Å². The molecule has 184 valence electrons. The molecule has 8 saturated carbocycles. The molecule has 8 aliphatic carbocycles. The molecule has 8 aliphatic rings. The van der Waals surface area contributed by atoms with E-state index in [1.165, 1.54) is 44.1 Å². The van der Waals surface area contributed by atoms with Crippen molar-refractivity contribution in [1.82, 2.24) is 0 Å². The van der Waals surface area contributed by atoms with Crippen LogP contribution in [0, 0.1) is 56.8 Å². The van der Waals surface area contributed by atoms with Gasteiger partial charge in [0.2, 0.25) is 0 Å². The van der Waals surface area contributed by atoms with E-state index in [-0.39, 0.29) is 22.8 Å². The fourth-order valence-corrected chi connectivity index (χ4v) is 13.0. The second kappa shape index (κ2) is 7.94. The van der Waals surface area contributed by atoms with Crippen molar-refractivity contribution < 1.29 is 15.7 Å². The Bertz CT molecular complexity index is 869. The Morgan fingerprint density at radius 3 is 1.29 bits per heavy atom. The Hall–Kier alpha value is -1.11. The summed E-state index contributed by atoms with van der Waals surface area (Å²) in [7, 11) is 0. The molecule has 0 aliphatic heterocycles. The summed E-state index contributed by atoms with van der Waals surface area (Å²) in [6.45, 7) is 2.06. The van der Waals surface area contributed by atoms with Gasteiger partial charge in [0.25, 0.3) is 0 Å². The molecule has 0 atom stereocenters. The van der Waals surface area contributed by atoms with Gasteiger partial charge in [0, 0.05) is 0 Å². The normalized spacial score (nSPS) is 43.6. The van der Waals surface area contributed by atoms with Crippen LogP contribution in [0.25, 0.3) is 0 Å². The SMILES string of the molecule is Cc1ccc(I(OC(=O)C23CC4CC(CC(C4)C2)C3)OC(=O)C23CC4CC(CC(C4)C2)C3)cc1. The van der Waals surface area contributed by atoms with Gasteiger partial charge in [-0.15, -0.1) is 0 Å². The molecule has 4 nitrogen and oxygen atoms in total. The number of rotatable bonds is 5. The van der Waals surface area contributed by atoms with Crippen LogP contribution in [0.5, 0.6) is 0 Å². The van der Waals surface area contributed by atoms with Gasteiger partial charge in [0.15, 0.2) is 0 Å². The topological polar surface area (TPSA) is 52.6 Å². The number of halogens is 1. The van der Waals surface area contributed by atoms with Crippen LogP contribution in [0.2, 0.25) is 0 Å². The first-order valence-electron chi connectivity index (χ1n) is 13.6. The van der Waals surface area contributed by atoms with Crippen molar-refractivity contribution in [2.45, 2.75) is 84.0 Å². The molecule has 5 heteroatoms. The summed E-state index contributed by atoms with van der Waals surface area (Å²) < 4.78 is 13.7. The van der Waals surface area contributed by atoms with Crippen molar-refractivity contribution in [2.24, 2.45) is 46.3 Å². The number of carbonyl (C=O) groups excluding carboxylic acids is 2. The van der Waals surface area contributed by atoms with Gasteiger partial charge in [-0.05, 0) is 0 Å². The van der Waals surface area contributed by atoms with Crippen molar-refractivity contribution in [3.63, 3.8) is 0 Å². The monoisotopic (exact) mass is 576 g/mol. The molecule has 0 amide bonds. The molecule has 0 saturated heterocycles. The van der Waals surface area contributed by atoms with Crippen LogP contribution in [-0.4, -0.2) is 11.9 Å². The van der Waals surface area contributed by atoms with Crippen LogP contribution in [-0.2, 0) is 15.7 Å². The average molecular weight is 577 g/mol. The van der Waals surface area contributed by atoms with Crippen molar-refractivity contribution >= 4 is 32.6 Å². The second-order valence-electron chi connectivity index (χ2n) is 13.1. The van der Waals surface area contributed by atoms with E-state index in [0.717, 1.165) is 42.1 Å². The van der Waals surface area contributed by atoms with E-state index >= 15 is 0 Å². The molecular weight excluding hydrogens is 539 g/mol. The molecule has 1 aromatic rings. The number of aryl methyl sites for hydroxylation is 1. The van der Waals surface area contributed by atoms with Crippen LogP contribution in [0.4, 0.5) is 0 Å². The molecule has 0 unspecified atom stereocenters. The average Bonchev–Trinajstić information content (AvgIpc) is 2.77. The fraction of sp³-hybridized carbons (Fsp3) is 0.724. The molecule has 8 bridgehead atoms. The Morgan fingerprint density at radius 1 is 0.647 bits per heavy atom. The fourth-order valence-electron chi connectivity index (χ4n) is 9.75.